The second-order valence-corrected chi connectivity index (χ2v) is 9.84. The molecule has 0 saturated carbocycles. The Morgan fingerprint density at radius 3 is 2.37 bits per heavy atom. The van der Waals surface area contributed by atoms with E-state index in [1.54, 1.807) is 20.8 Å². The molecule has 0 radical (unpaired) electrons. The number of rotatable bonds is 13. The van der Waals surface area contributed by atoms with Crippen LogP contribution in [0, 0.1) is 0 Å². The molecule has 3 N–H and O–H groups in total. The zero-order chi connectivity index (χ0) is 23.4. The van der Waals surface area contributed by atoms with Crippen molar-refractivity contribution in [2.45, 2.75) is 38.8 Å². The van der Waals surface area contributed by atoms with Gasteiger partial charge >= 0.3 is 13.9 Å². The minimum Gasteiger partial charge on any atom is -0.444 e. The Morgan fingerprint density at radius 2 is 1.83 bits per heavy atom. The molecule has 0 spiro atoms. The quantitative estimate of drug-likeness (QED) is 0.0947. The minimum atomic E-state index is -4.24. The average molecular weight is 453 g/mol. The Hall–Kier alpha value is -1.88. The third-order valence-corrected chi connectivity index (χ3v) is 4.28. The fourth-order valence-corrected chi connectivity index (χ4v) is 2.58. The zero-order valence-corrected chi connectivity index (χ0v) is 19.3. The lowest BCUT2D eigenvalue weighted by molar-refractivity contribution is -0.870. The molecular formula is C16H34N6O7P+. The van der Waals surface area contributed by atoms with Crippen LogP contribution >= 0.6 is 7.82 Å². The number of likely N-dealkylation sites (N-methyl/N-ethyl adjacent to an activating group) is 1. The highest BCUT2D eigenvalue weighted by molar-refractivity contribution is 7.47. The average Bonchev–Trinajstić information content (AvgIpc) is 2.54. The smallest absolute Gasteiger partial charge is 0.444 e. The van der Waals surface area contributed by atoms with Gasteiger partial charge in [-0.05, 0) is 32.7 Å². The van der Waals surface area contributed by atoms with E-state index in [4.69, 9.17) is 19.3 Å². The van der Waals surface area contributed by atoms with Crippen LogP contribution in [0.15, 0.2) is 5.11 Å². The van der Waals surface area contributed by atoms with E-state index in [0.29, 0.717) is 11.0 Å². The second-order valence-electron chi connectivity index (χ2n) is 8.38. The molecule has 174 valence electrons. The Bertz CT molecular complexity index is 655. The van der Waals surface area contributed by atoms with E-state index in [9.17, 15) is 19.0 Å². The van der Waals surface area contributed by atoms with Crippen LogP contribution < -0.4 is 10.6 Å². The largest absolute Gasteiger partial charge is 0.472 e. The summed E-state index contributed by atoms with van der Waals surface area (Å²) < 4.78 is 27.1. The number of nitrogens with zero attached hydrogens (tertiary/aromatic N) is 4. The van der Waals surface area contributed by atoms with Crippen molar-refractivity contribution in [1.29, 1.82) is 0 Å². The van der Waals surface area contributed by atoms with Crippen molar-refractivity contribution >= 4 is 19.8 Å². The van der Waals surface area contributed by atoms with E-state index in [2.05, 4.69) is 20.7 Å². The highest BCUT2D eigenvalue weighted by atomic mass is 31.2. The molecule has 0 bridgehead atoms. The van der Waals surface area contributed by atoms with Crippen molar-refractivity contribution in [1.82, 2.24) is 10.6 Å². The van der Waals surface area contributed by atoms with E-state index < -0.39 is 31.5 Å². The highest BCUT2D eigenvalue weighted by Gasteiger charge is 2.25. The first-order valence-corrected chi connectivity index (χ1v) is 10.9. The van der Waals surface area contributed by atoms with Crippen molar-refractivity contribution in [2.75, 3.05) is 54.0 Å². The summed E-state index contributed by atoms with van der Waals surface area (Å²) >= 11 is 0. The van der Waals surface area contributed by atoms with Gasteiger partial charge in [-0.2, -0.15) is 0 Å². The number of carbonyl (C=O) groups is 2. The molecule has 0 heterocycles. The van der Waals surface area contributed by atoms with E-state index in [1.165, 1.54) is 0 Å². The molecule has 0 aliphatic rings. The van der Waals surface area contributed by atoms with Gasteiger partial charge in [0.1, 0.15) is 24.8 Å². The molecule has 13 nitrogen and oxygen atoms in total. The van der Waals surface area contributed by atoms with Crippen LogP contribution in [0.4, 0.5) is 4.79 Å². The zero-order valence-electron chi connectivity index (χ0n) is 18.5. The third kappa shape index (κ3) is 16.0. The molecule has 0 aromatic rings. The number of carbonyl (C=O) groups excluding carboxylic acids is 2. The predicted octanol–water partition coefficient (Wildman–Crippen LogP) is 1.54. The normalized spacial score (nSPS) is 14.8. The minimum absolute atomic E-state index is 0.0210. The first kappa shape index (κ1) is 28.1. The fourth-order valence-electron chi connectivity index (χ4n) is 1.88. The maximum atomic E-state index is 12.3. The number of phosphoric acid groups is 1. The molecule has 0 fully saturated rings. The molecule has 0 aliphatic carbocycles. The van der Waals surface area contributed by atoms with Crippen molar-refractivity contribution in [3.05, 3.63) is 10.4 Å². The van der Waals surface area contributed by atoms with Crippen molar-refractivity contribution < 1.29 is 37.3 Å². The lowest BCUT2D eigenvalue weighted by Crippen LogP contribution is -2.49. The summed E-state index contributed by atoms with van der Waals surface area (Å²) in [5.41, 5.74) is 7.62. The van der Waals surface area contributed by atoms with Gasteiger partial charge in [-0.25, -0.2) is 9.36 Å². The molecule has 0 aromatic carbocycles. The van der Waals surface area contributed by atoms with Crippen molar-refractivity contribution in [2.24, 2.45) is 5.11 Å². The Morgan fingerprint density at radius 1 is 1.23 bits per heavy atom. The molecule has 2 amide bonds. The lowest BCUT2D eigenvalue weighted by Gasteiger charge is -2.24. The summed E-state index contributed by atoms with van der Waals surface area (Å²) in [6.45, 7) is 5.17. The van der Waals surface area contributed by atoms with Crippen LogP contribution in [0.2, 0.25) is 0 Å². The monoisotopic (exact) mass is 453 g/mol. The number of alkyl carbamates (subject to hydrolysis) is 1. The summed E-state index contributed by atoms with van der Waals surface area (Å²) in [5, 5.41) is 8.22. The van der Waals surface area contributed by atoms with Gasteiger partial charge in [0.25, 0.3) is 0 Å². The van der Waals surface area contributed by atoms with Gasteiger partial charge in [0, 0.05) is 18.0 Å². The van der Waals surface area contributed by atoms with Crippen LogP contribution in [0.5, 0.6) is 0 Å². The number of hydrogen-bond acceptors (Lipinski definition) is 7. The first-order valence-electron chi connectivity index (χ1n) is 9.35. The van der Waals surface area contributed by atoms with Crippen LogP contribution in [0.1, 0.15) is 27.2 Å². The van der Waals surface area contributed by atoms with Crippen LogP contribution in [-0.2, 0) is 23.1 Å². The maximum absolute atomic E-state index is 12.3. The molecule has 14 heteroatoms. The number of ether oxygens (including phenoxy) is 1. The highest BCUT2D eigenvalue weighted by Crippen LogP contribution is 2.42. The van der Waals surface area contributed by atoms with E-state index >= 15 is 0 Å². The molecule has 0 aromatic heterocycles. The SMILES string of the molecule is CC(C)(C)OC(=O)N[C@@H](CCN=[N+]=[N-])C(=O)NCCOP(=O)(O)OCC[N+](C)(C)C. The topological polar surface area (TPSA) is 172 Å². The van der Waals surface area contributed by atoms with Crippen molar-refractivity contribution in [3.63, 3.8) is 0 Å². The number of quaternary nitrogens is 1. The van der Waals surface area contributed by atoms with Gasteiger partial charge in [0.2, 0.25) is 5.91 Å². The van der Waals surface area contributed by atoms with Gasteiger partial charge < -0.3 is 24.7 Å². The standard InChI is InChI=1S/C16H33N6O7P/c1-16(2,3)29-15(24)20-13(7-8-19-21-17)14(23)18-9-11-27-30(25,26)28-12-10-22(4,5)6/h13H,7-12H2,1-6H3,(H2-,18,20,23,24,25,26)/p+1/t13-/m0/s1. The summed E-state index contributed by atoms with van der Waals surface area (Å²) in [7, 11) is 1.49. The van der Waals surface area contributed by atoms with Gasteiger partial charge in [-0.3, -0.25) is 13.8 Å². The van der Waals surface area contributed by atoms with E-state index in [0.717, 1.165) is 0 Å². The van der Waals surface area contributed by atoms with Crippen LogP contribution in [-0.4, -0.2) is 87.0 Å². The predicted molar refractivity (Wildman–Crippen MR) is 109 cm³/mol. The molecule has 1 unspecified atom stereocenters. The Labute approximate surface area is 176 Å². The van der Waals surface area contributed by atoms with E-state index in [-0.39, 0.29) is 32.7 Å². The lowest BCUT2D eigenvalue weighted by atomic mass is 10.2. The number of nitrogens with one attached hydrogen (secondary N) is 2. The summed E-state index contributed by atoms with van der Waals surface area (Å²) in [6, 6.07) is -1.02. The Balaban J connectivity index is 4.53. The molecule has 0 saturated heterocycles. The Kier molecular flexibility index (Phi) is 11.9. The van der Waals surface area contributed by atoms with Crippen LogP contribution in [0.3, 0.4) is 0 Å². The molecule has 0 rings (SSSR count). The number of phosphoric ester groups is 1. The van der Waals surface area contributed by atoms with Gasteiger partial charge in [0.15, 0.2) is 0 Å². The van der Waals surface area contributed by atoms with Gasteiger partial charge in [-0.1, -0.05) is 5.11 Å². The van der Waals surface area contributed by atoms with E-state index in [1.807, 2.05) is 21.1 Å². The molecule has 0 aliphatic heterocycles. The molecular weight excluding hydrogens is 419 g/mol. The fraction of sp³-hybridized carbons (Fsp3) is 0.875. The number of amides is 2. The second kappa shape index (κ2) is 12.7. The summed E-state index contributed by atoms with van der Waals surface area (Å²) in [5.74, 6) is -0.587. The van der Waals surface area contributed by atoms with Crippen molar-refractivity contribution in [3.8, 4) is 0 Å². The third-order valence-electron chi connectivity index (χ3n) is 3.26. The summed E-state index contributed by atoms with van der Waals surface area (Å²) in [6.07, 6.45) is -0.756. The van der Waals surface area contributed by atoms with Gasteiger partial charge in [-0.15, -0.1) is 0 Å². The number of hydrogen-bond donors (Lipinski definition) is 3. The number of azide groups is 1. The maximum Gasteiger partial charge on any atom is 0.472 e. The molecule has 2 atom stereocenters. The van der Waals surface area contributed by atoms with Crippen LogP contribution in [0.25, 0.3) is 10.4 Å². The first-order chi connectivity index (χ1) is 13.7. The van der Waals surface area contributed by atoms with Gasteiger partial charge in [0.05, 0.1) is 27.7 Å². The summed E-state index contributed by atoms with van der Waals surface area (Å²) in [4.78, 5) is 36.4. The molecule has 30 heavy (non-hydrogen) atoms.